The summed E-state index contributed by atoms with van der Waals surface area (Å²) in [5.41, 5.74) is 2.60. The average Bonchev–Trinajstić information content (AvgIpc) is 2.77. The monoisotopic (exact) mass is 371 g/mol. The van der Waals surface area contributed by atoms with Crippen LogP contribution in [0.5, 0.6) is 5.75 Å². The first-order chi connectivity index (χ1) is 12.6. The minimum absolute atomic E-state index is 0.146. The molecule has 0 bridgehead atoms. The molecule has 2 heterocycles. The highest BCUT2D eigenvalue weighted by atomic mass is 35.5. The van der Waals surface area contributed by atoms with Gasteiger partial charge in [0, 0.05) is 30.2 Å². The van der Waals surface area contributed by atoms with Crippen molar-refractivity contribution in [3.05, 3.63) is 47.0 Å². The first-order valence-electron chi connectivity index (χ1n) is 8.39. The lowest BCUT2D eigenvalue weighted by Gasteiger charge is -2.33. The summed E-state index contributed by atoms with van der Waals surface area (Å²) < 4.78 is 5.42. The number of halogens is 1. The van der Waals surface area contributed by atoms with Crippen LogP contribution in [0, 0.1) is 0 Å². The second-order valence-electron chi connectivity index (χ2n) is 6.31. The molecule has 26 heavy (non-hydrogen) atoms. The SMILES string of the molecule is COc1ccc(Cl)cc1-c1ccc2c(c1)C(=O)N1CCNCC1C(=O)N2. The van der Waals surface area contributed by atoms with E-state index >= 15 is 0 Å². The number of hydrogen-bond acceptors (Lipinski definition) is 4. The molecule has 0 aliphatic carbocycles. The number of nitrogens with one attached hydrogen (secondary N) is 2. The molecule has 1 unspecified atom stereocenters. The molecule has 2 amide bonds. The van der Waals surface area contributed by atoms with E-state index in [0.29, 0.717) is 41.7 Å². The molecule has 0 spiro atoms. The minimum atomic E-state index is -0.493. The van der Waals surface area contributed by atoms with E-state index in [1.54, 1.807) is 42.3 Å². The quantitative estimate of drug-likeness (QED) is 0.850. The average molecular weight is 372 g/mol. The standard InChI is InChI=1S/C19H18ClN3O3/c1-26-17-5-3-12(20)9-13(17)11-2-4-15-14(8-11)19(25)23-7-6-21-10-16(23)18(24)22-15/h2-5,8-9,16,21H,6-7,10H2,1H3,(H,22,24). The van der Waals surface area contributed by atoms with Crippen LogP contribution in [0.1, 0.15) is 10.4 Å². The summed E-state index contributed by atoms with van der Waals surface area (Å²) >= 11 is 6.14. The fourth-order valence-electron chi connectivity index (χ4n) is 3.46. The fraction of sp³-hybridized carbons (Fsp3) is 0.263. The summed E-state index contributed by atoms with van der Waals surface area (Å²) in [6.45, 7) is 1.63. The summed E-state index contributed by atoms with van der Waals surface area (Å²) in [5, 5.41) is 6.62. The Hall–Kier alpha value is -2.57. The molecule has 4 rings (SSSR count). The van der Waals surface area contributed by atoms with E-state index < -0.39 is 6.04 Å². The molecular weight excluding hydrogens is 354 g/mol. The molecule has 1 atom stereocenters. The molecule has 0 aromatic heterocycles. The van der Waals surface area contributed by atoms with Crippen molar-refractivity contribution in [3.63, 3.8) is 0 Å². The van der Waals surface area contributed by atoms with Crippen molar-refractivity contribution in [1.82, 2.24) is 10.2 Å². The van der Waals surface area contributed by atoms with E-state index in [4.69, 9.17) is 16.3 Å². The second kappa shape index (κ2) is 6.63. The third-order valence-corrected chi connectivity index (χ3v) is 5.02. The van der Waals surface area contributed by atoms with Gasteiger partial charge in [-0.3, -0.25) is 9.59 Å². The van der Waals surface area contributed by atoms with Gasteiger partial charge in [0.2, 0.25) is 5.91 Å². The Morgan fingerprint density at radius 1 is 1.15 bits per heavy atom. The number of nitrogens with zero attached hydrogens (tertiary/aromatic N) is 1. The van der Waals surface area contributed by atoms with Gasteiger partial charge in [-0.25, -0.2) is 0 Å². The molecule has 7 heteroatoms. The molecule has 6 nitrogen and oxygen atoms in total. The molecule has 1 fully saturated rings. The summed E-state index contributed by atoms with van der Waals surface area (Å²) in [6, 6.07) is 10.2. The van der Waals surface area contributed by atoms with Gasteiger partial charge in [0.1, 0.15) is 11.8 Å². The highest BCUT2D eigenvalue weighted by Gasteiger charge is 2.36. The van der Waals surface area contributed by atoms with E-state index in [2.05, 4.69) is 10.6 Å². The molecule has 2 aromatic rings. The predicted molar refractivity (Wildman–Crippen MR) is 99.8 cm³/mol. The third kappa shape index (κ3) is 2.81. The zero-order valence-corrected chi connectivity index (χ0v) is 15.0. The lowest BCUT2D eigenvalue weighted by Crippen LogP contribution is -2.57. The number of amides is 2. The Morgan fingerprint density at radius 3 is 2.81 bits per heavy atom. The van der Waals surface area contributed by atoms with Crippen LogP contribution >= 0.6 is 11.6 Å². The van der Waals surface area contributed by atoms with Crippen LogP contribution in [-0.2, 0) is 4.79 Å². The normalized spacial score (nSPS) is 19.3. The van der Waals surface area contributed by atoms with Gasteiger partial charge in [-0.05, 0) is 35.9 Å². The van der Waals surface area contributed by atoms with Gasteiger partial charge >= 0.3 is 0 Å². The first kappa shape index (κ1) is 16.9. The maximum Gasteiger partial charge on any atom is 0.256 e. The van der Waals surface area contributed by atoms with Gasteiger partial charge in [0.05, 0.1) is 18.4 Å². The van der Waals surface area contributed by atoms with Crippen molar-refractivity contribution >= 4 is 29.1 Å². The van der Waals surface area contributed by atoms with Crippen molar-refractivity contribution in [1.29, 1.82) is 0 Å². The molecule has 134 valence electrons. The number of benzene rings is 2. The molecule has 2 aliphatic heterocycles. The molecule has 0 radical (unpaired) electrons. The van der Waals surface area contributed by atoms with E-state index in [1.165, 1.54) is 0 Å². The number of rotatable bonds is 2. The van der Waals surface area contributed by atoms with Crippen molar-refractivity contribution in [2.45, 2.75) is 6.04 Å². The van der Waals surface area contributed by atoms with Crippen molar-refractivity contribution in [3.8, 4) is 16.9 Å². The number of carbonyl (C=O) groups is 2. The van der Waals surface area contributed by atoms with Gasteiger partial charge in [-0.15, -0.1) is 0 Å². The van der Waals surface area contributed by atoms with Crippen molar-refractivity contribution < 1.29 is 14.3 Å². The third-order valence-electron chi connectivity index (χ3n) is 4.79. The predicted octanol–water partition coefficient (Wildman–Crippen LogP) is 2.38. The summed E-state index contributed by atoms with van der Waals surface area (Å²) in [6.07, 6.45) is 0. The van der Waals surface area contributed by atoms with Crippen LogP contribution in [-0.4, -0.2) is 49.5 Å². The number of fused-ring (bicyclic) bond motifs is 2. The van der Waals surface area contributed by atoms with Crippen LogP contribution in [0.3, 0.4) is 0 Å². The van der Waals surface area contributed by atoms with E-state index in [-0.39, 0.29) is 11.8 Å². The van der Waals surface area contributed by atoms with E-state index in [9.17, 15) is 9.59 Å². The maximum atomic E-state index is 13.1. The molecular formula is C19H18ClN3O3. The lowest BCUT2D eigenvalue weighted by atomic mass is 10.00. The van der Waals surface area contributed by atoms with Crippen LogP contribution in [0.4, 0.5) is 5.69 Å². The topological polar surface area (TPSA) is 70.7 Å². The Bertz CT molecular complexity index is 900. The molecule has 2 aromatic carbocycles. The minimum Gasteiger partial charge on any atom is -0.496 e. The highest BCUT2D eigenvalue weighted by molar-refractivity contribution is 6.31. The summed E-state index contributed by atoms with van der Waals surface area (Å²) in [4.78, 5) is 27.2. The molecule has 2 N–H and O–H groups in total. The zero-order valence-electron chi connectivity index (χ0n) is 14.2. The summed E-state index contributed by atoms with van der Waals surface area (Å²) in [5.74, 6) is 0.351. The maximum absolute atomic E-state index is 13.1. The zero-order chi connectivity index (χ0) is 18.3. The van der Waals surface area contributed by atoms with Gasteiger partial charge in [0.25, 0.3) is 5.91 Å². The largest absolute Gasteiger partial charge is 0.496 e. The second-order valence-corrected chi connectivity index (χ2v) is 6.75. The summed E-state index contributed by atoms with van der Waals surface area (Å²) in [7, 11) is 1.59. The smallest absolute Gasteiger partial charge is 0.256 e. The Morgan fingerprint density at radius 2 is 2.00 bits per heavy atom. The molecule has 2 aliphatic rings. The van der Waals surface area contributed by atoms with Gasteiger partial charge < -0.3 is 20.3 Å². The number of ether oxygens (including phenoxy) is 1. The van der Waals surface area contributed by atoms with Gasteiger partial charge in [0.15, 0.2) is 0 Å². The Kier molecular flexibility index (Phi) is 4.30. The highest BCUT2D eigenvalue weighted by Crippen LogP contribution is 2.35. The van der Waals surface area contributed by atoms with Crippen molar-refractivity contribution in [2.75, 3.05) is 32.1 Å². The fourth-order valence-corrected chi connectivity index (χ4v) is 3.63. The number of anilines is 1. The Balaban J connectivity index is 1.81. The number of methoxy groups -OCH3 is 1. The molecule has 0 saturated carbocycles. The van der Waals surface area contributed by atoms with Crippen LogP contribution in [0.2, 0.25) is 5.02 Å². The lowest BCUT2D eigenvalue weighted by molar-refractivity contribution is -0.120. The molecule has 1 saturated heterocycles. The van der Waals surface area contributed by atoms with E-state index in [1.807, 2.05) is 6.07 Å². The van der Waals surface area contributed by atoms with Crippen LogP contribution in [0.15, 0.2) is 36.4 Å². The Labute approximate surface area is 156 Å². The van der Waals surface area contributed by atoms with Crippen LogP contribution in [0.25, 0.3) is 11.1 Å². The first-order valence-corrected chi connectivity index (χ1v) is 8.77. The van der Waals surface area contributed by atoms with Gasteiger partial charge in [-0.2, -0.15) is 0 Å². The number of piperazine rings is 1. The van der Waals surface area contributed by atoms with Crippen molar-refractivity contribution in [2.24, 2.45) is 0 Å². The number of hydrogen-bond donors (Lipinski definition) is 2. The van der Waals surface area contributed by atoms with Gasteiger partial charge in [-0.1, -0.05) is 17.7 Å². The van der Waals surface area contributed by atoms with E-state index in [0.717, 1.165) is 11.1 Å². The van der Waals surface area contributed by atoms with Crippen LogP contribution < -0.4 is 15.4 Å². The number of carbonyl (C=O) groups excluding carboxylic acids is 2.